The van der Waals surface area contributed by atoms with E-state index in [2.05, 4.69) is 9.98 Å². The minimum Gasteiger partial charge on any atom is -0.271 e. The second-order valence-corrected chi connectivity index (χ2v) is 5.53. The molecule has 0 radical (unpaired) electrons. The molecule has 1 aliphatic rings. The van der Waals surface area contributed by atoms with Gasteiger partial charge >= 0.3 is 0 Å². The van der Waals surface area contributed by atoms with E-state index in [1.54, 1.807) is 24.5 Å². The van der Waals surface area contributed by atoms with Crippen molar-refractivity contribution in [3.63, 3.8) is 0 Å². The fraction of sp³-hybridized carbons (Fsp3) is 0.250. The summed E-state index contributed by atoms with van der Waals surface area (Å²) in [5.41, 5.74) is -0.697. The van der Waals surface area contributed by atoms with Gasteiger partial charge in [0.25, 0.3) is 5.92 Å². The number of hydrogen-bond acceptors (Lipinski definition) is 2. The Morgan fingerprint density at radius 3 is 2.52 bits per heavy atom. The Hall–Kier alpha value is -2.17. The van der Waals surface area contributed by atoms with Gasteiger partial charge in [-0.1, -0.05) is 0 Å². The lowest BCUT2D eigenvalue weighted by Crippen LogP contribution is -2.44. The summed E-state index contributed by atoms with van der Waals surface area (Å²) in [5.74, 6) is -3.92. The lowest BCUT2D eigenvalue weighted by Gasteiger charge is -2.37. The first-order valence-electron chi connectivity index (χ1n) is 6.51. The predicted octanol–water partition coefficient (Wildman–Crippen LogP) is 3.94. The maximum Gasteiger partial charge on any atom is 0.298 e. The first-order chi connectivity index (χ1) is 9.83. The maximum absolute atomic E-state index is 14.6. The number of nitrogens with zero attached hydrogens (tertiary/aromatic N) is 2. The Morgan fingerprint density at radius 1 is 1.10 bits per heavy atom. The Kier molecular flexibility index (Phi) is 2.90. The minimum atomic E-state index is -3.24. The molecule has 2 nitrogen and oxygen atoms in total. The van der Waals surface area contributed by atoms with Crippen molar-refractivity contribution in [1.82, 2.24) is 4.98 Å². The van der Waals surface area contributed by atoms with Crippen LogP contribution in [0.1, 0.15) is 30.5 Å². The van der Waals surface area contributed by atoms with Gasteiger partial charge in [-0.05, 0) is 44.2 Å². The minimum absolute atomic E-state index is 0.244. The van der Waals surface area contributed by atoms with Crippen molar-refractivity contribution >= 4 is 5.71 Å². The molecule has 0 amide bonds. The van der Waals surface area contributed by atoms with E-state index in [0.717, 1.165) is 6.07 Å². The van der Waals surface area contributed by atoms with Gasteiger partial charge in [-0.3, -0.25) is 9.98 Å². The standard InChI is InChI=1S/C16H13F3N2/c1-15(2)16(18,19)13-8-11(17)5-6-12(13)14(21-15)10-4-3-7-20-9-10/h3-9H,1-2H3. The normalized spacial score (nSPS) is 18.8. The number of aliphatic imine (C=N–C) groups is 1. The molecule has 0 N–H and O–H groups in total. The first-order valence-corrected chi connectivity index (χ1v) is 6.51. The number of halogens is 3. The van der Waals surface area contributed by atoms with Crippen molar-refractivity contribution in [3.05, 3.63) is 65.2 Å². The number of alkyl halides is 2. The molecule has 3 rings (SSSR count). The molecule has 5 heteroatoms. The fourth-order valence-corrected chi connectivity index (χ4v) is 2.45. The van der Waals surface area contributed by atoms with Gasteiger partial charge in [0.15, 0.2) is 0 Å². The zero-order valence-corrected chi connectivity index (χ0v) is 11.6. The highest BCUT2D eigenvalue weighted by Gasteiger charge is 2.52. The van der Waals surface area contributed by atoms with Gasteiger partial charge in [0.1, 0.15) is 11.4 Å². The van der Waals surface area contributed by atoms with E-state index in [1.165, 1.54) is 26.0 Å². The monoisotopic (exact) mass is 290 g/mol. The molecule has 2 heterocycles. The Morgan fingerprint density at radius 2 is 1.86 bits per heavy atom. The topological polar surface area (TPSA) is 25.2 Å². The third-order valence-corrected chi connectivity index (χ3v) is 3.67. The van der Waals surface area contributed by atoms with Gasteiger partial charge in [0, 0.05) is 29.1 Å². The molecule has 0 saturated carbocycles. The molecule has 1 aliphatic heterocycles. The van der Waals surface area contributed by atoms with E-state index >= 15 is 0 Å². The summed E-state index contributed by atoms with van der Waals surface area (Å²) < 4.78 is 42.5. The van der Waals surface area contributed by atoms with Gasteiger partial charge in [0.05, 0.1) is 5.71 Å². The molecule has 1 aromatic heterocycles. The number of fused-ring (bicyclic) bond motifs is 1. The van der Waals surface area contributed by atoms with Gasteiger partial charge in [-0.15, -0.1) is 0 Å². The molecule has 0 aliphatic carbocycles. The van der Waals surface area contributed by atoms with Crippen LogP contribution >= 0.6 is 0 Å². The molecule has 2 aromatic rings. The number of benzene rings is 1. The number of hydrogen-bond donors (Lipinski definition) is 0. The van der Waals surface area contributed by atoms with Gasteiger partial charge in [0.2, 0.25) is 0 Å². The zero-order valence-electron chi connectivity index (χ0n) is 11.6. The average molecular weight is 290 g/mol. The molecule has 0 bridgehead atoms. The molecule has 108 valence electrons. The van der Waals surface area contributed by atoms with Crippen molar-refractivity contribution in [2.45, 2.75) is 25.3 Å². The highest BCUT2D eigenvalue weighted by molar-refractivity contribution is 6.14. The van der Waals surface area contributed by atoms with E-state index in [1.807, 2.05) is 0 Å². The summed E-state index contributed by atoms with van der Waals surface area (Å²) in [5, 5.41) is 0. The van der Waals surface area contributed by atoms with E-state index in [0.29, 0.717) is 11.3 Å². The fourth-order valence-electron chi connectivity index (χ4n) is 2.45. The molecule has 21 heavy (non-hydrogen) atoms. The van der Waals surface area contributed by atoms with Crippen LogP contribution in [0, 0.1) is 5.82 Å². The van der Waals surface area contributed by atoms with Crippen LogP contribution in [0.25, 0.3) is 0 Å². The van der Waals surface area contributed by atoms with E-state index in [-0.39, 0.29) is 11.1 Å². The van der Waals surface area contributed by atoms with Crippen molar-refractivity contribution < 1.29 is 13.2 Å². The SMILES string of the molecule is CC1(C)N=C(c2cccnc2)c2ccc(F)cc2C1(F)F. The molecule has 1 aromatic carbocycles. The summed E-state index contributed by atoms with van der Waals surface area (Å²) in [6.07, 6.45) is 3.16. The molecule has 0 fully saturated rings. The summed E-state index contributed by atoms with van der Waals surface area (Å²) in [6.45, 7) is 2.69. The van der Waals surface area contributed by atoms with Crippen LogP contribution in [0.5, 0.6) is 0 Å². The lowest BCUT2D eigenvalue weighted by molar-refractivity contribution is -0.0684. The van der Waals surface area contributed by atoms with E-state index in [4.69, 9.17) is 0 Å². The molecule has 0 atom stereocenters. The lowest BCUT2D eigenvalue weighted by atomic mass is 9.81. The molecule has 0 spiro atoms. The first kappa shape index (κ1) is 13.8. The van der Waals surface area contributed by atoms with Crippen LogP contribution in [-0.4, -0.2) is 16.2 Å². The number of aromatic nitrogens is 1. The third kappa shape index (κ3) is 2.04. The summed E-state index contributed by atoms with van der Waals surface area (Å²) in [7, 11) is 0. The Balaban J connectivity index is 2.30. The van der Waals surface area contributed by atoms with Gasteiger partial charge in [-0.2, -0.15) is 8.78 Å². The van der Waals surface area contributed by atoms with Crippen molar-refractivity contribution in [2.75, 3.05) is 0 Å². The second kappa shape index (κ2) is 4.41. The van der Waals surface area contributed by atoms with E-state index in [9.17, 15) is 13.2 Å². The van der Waals surface area contributed by atoms with Gasteiger partial charge in [-0.25, -0.2) is 4.39 Å². The summed E-state index contributed by atoms with van der Waals surface area (Å²) in [6, 6.07) is 6.86. The Bertz CT molecular complexity index is 722. The van der Waals surface area contributed by atoms with Gasteiger partial charge < -0.3 is 0 Å². The average Bonchev–Trinajstić information content (AvgIpc) is 2.44. The highest BCUT2D eigenvalue weighted by atomic mass is 19.3. The van der Waals surface area contributed by atoms with Crippen LogP contribution in [0.15, 0.2) is 47.7 Å². The molecular formula is C16H13F3N2. The molecular weight excluding hydrogens is 277 g/mol. The Labute approximate surface area is 120 Å². The van der Waals surface area contributed by atoms with Crippen molar-refractivity contribution in [1.29, 1.82) is 0 Å². The molecule has 0 saturated heterocycles. The zero-order chi connectivity index (χ0) is 15.3. The highest BCUT2D eigenvalue weighted by Crippen LogP contribution is 2.46. The van der Waals surface area contributed by atoms with Crippen LogP contribution in [0.3, 0.4) is 0 Å². The number of pyridine rings is 1. The summed E-state index contributed by atoms with van der Waals surface area (Å²) >= 11 is 0. The second-order valence-electron chi connectivity index (χ2n) is 5.53. The van der Waals surface area contributed by atoms with Crippen LogP contribution in [-0.2, 0) is 5.92 Å². The maximum atomic E-state index is 14.6. The molecule has 0 unspecified atom stereocenters. The number of rotatable bonds is 1. The quantitative estimate of drug-likeness (QED) is 0.781. The van der Waals surface area contributed by atoms with E-state index < -0.39 is 17.3 Å². The summed E-state index contributed by atoms with van der Waals surface area (Å²) in [4.78, 5) is 8.20. The van der Waals surface area contributed by atoms with Crippen LogP contribution < -0.4 is 0 Å². The third-order valence-electron chi connectivity index (χ3n) is 3.67. The smallest absolute Gasteiger partial charge is 0.271 e. The van der Waals surface area contributed by atoms with Crippen molar-refractivity contribution in [3.8, 4) is 0 Å². The van der Waals surface area contributed by atoms with Crippen LogP contribution in [0.4, 0.5) is 13.2 Å². The largest absolute Gasteiger partial charge is 0.298 e. The predicted molar refractivity (Wildman–Crippen MR) is 74.2 cm³/mol. The van der Waals surface area contributed by atoms with Crippen LogP contribution in [0.2, 0.25) is 0 Å². The van der Waals surface area contributed by atoms with Crippen molar-refractivity contribution in [2.24, 2.45) is 4.99 Å².